The van der Waals surface area contributed by atoms with Crippen LogP contribution in [0.5, 0.6) is 0 Å². The molecule has 0 saturated carbocycles. The smallest absolute Gasteiger partial charge is 0.258 e. The molecule has 0 bridgehead atoms. The molecule has 1 amide bonds. The molecule has 0 radical (unpaired) electrons. The van der Waals surface area contributed by atoms with E-state index in [0.717, 1.165) is 29.0 Å². The minimum absolute atomic E-state index is 0.0417. The number of benzene rings is 2. The second-order valence-corrected chi connectivity index (χ2v) is 10.2. The van der Waals surface area contributed by atoms with Crippen molar-refractivity contribution >= 4 is 32.2 Å². The average Bonchev–Trinajstić information content (AvgIpc) is 3.08. The highest BCUT2D eigenvalue weighted by Gasteiger charge is 2.21. The molecule has 0 unspecified atom stereocenters. The van der Waals surface area contributed by atoms with Gasteiger partial charge in [0, 0.05) is 10.4 Å². The lowest BCUT2D eigenvalue weighted by Gasteiger charge is -2.08. The zero-order valence-corrected chi connectivity index (χ0v) is 18.4. The molecule has 0 saturated heterocycles. The molecule has 0 atom stereocenters. The van der Waals surface area contributed by atoms with Gasteiger partial charge in [-0.1, -0.05) is 56.7 Å². The number of aryl methyl sites for hydroxylation is 2. The van der Waals surface area contributed by atoms with Crippen molar-refractivity contribution in [1.29, 1.82) is 0 Å². The molecular weight excluding hydrogens is 404 g/mol. The van der Waals surface area contributed by atoms with Gasteiger partial charge in [0.1, 0.15) is 0 Å². The number of sulfone groups is 1. The molecule has 0 spiro atoms. The standard InChI is InChI=1S/C22H24N2O3S2/c1-4-8-16-11-13-17(14-12-16)20-15(3)28-22(23-20)24-21(25)18-9-6-7-10-19(18)29(26,27)5-2/h6-7,9-14H,4-5,8H2,1-3H3,(H,23,24,25). The maximum absolute atomic E-state index is 12.8. The number of hydrogen-bond acceptors (Lipinski definition) is 5. The Hall–Kier alpha value is -2.51. The second kappa shape index (κ2) is 8.88. The van der Waals surface area contributed by atoms with Gasteiger partial charge >= 0.3 is 0 Å². The summed E-state index contributed by atoms with van der Waals surface area (Å²) in [5.74, 6) is -0.539. The first-order chi connectivity index (χ1) is 13.9. The predicted molar refractivity (Wildman–Crippen MR) is 118 cm³/mol. The first-order valence-electron chi connectivity index (χ1n) is 9.55. The van der Waals surface area contributed by atoms with Crippen LogP contribution in [0.25, 0.3) is 11.3 Å². The molecule has 5 nitrogen and oxygen atoms in total. The van der Waals surface area contributed by atoms with Gasteiger partial charge in [0.05, 0.1) is 21.9 Å². The number of thiazole rings is 1. The summed E-state index contributed by atoms with van der Waals surface area (Å²) in [6, 6.07) is 14.5. The lowest BCUT2D eigenvalue weighted by molar-refractivity contribution is 0.102. The fraction of sp³-hybridized carbons (Fsp3) is 0.273. The van der Waals surface area contributed by atoms with Crippen LogP contribution in [0, 0.1) is 6.92 Å². The van der Waals surface area contributed by atoms with Crippen LogP contribution in [0.15, 0.2) is 53.4 Å². The van der Waals surface area contributed by atoms with Crippen molar-refractivity contribution in [2.24, 2.45) is 0 Å². The van der Waals surface area contributed by atoms with E-state index in [0.29, 0.717) is 5.13 Å². The third-order valence-electron chi connectivity index (χ3n) is 4.63. The van der Waals surface area contributed by atoms with E-state index in [2.05, 4.69) is 29.4 Å². The van der Waals surface area contributed by atoms with Crippen molar-refractivity contribution in [2.45, 2.75) is 38.5 Å². The van der Waals surface area contributed by atoms with Crippen LogP contribution in [0.4, 0.5) is 5.13 Å². The molecule has 1 aromatic heterocycles. The summed E-state index contributed by atoms with van der Waals surface area (Å²) in [5, 5.41) is 3.21. The predicted octanol–water partition coefficient (Wildman–Crippen LogP) is 5.12. The second-order valence-electron chi connectivity index (χ2n) is 6.72. The summed E-state index contributed by atoms with van der Waals surface area (Å²) < 4.78 is 24.6. The third-order valence-corrected chi connectivity index (χ3v) is 7.30. The van der Waals surface area contributed by atoms with Crippen LogP contribution in [0.1, 0.15) is 41.1 Å². The van der Waals surface area contributed by atoms with E-state index in [9.17, 15) is 13.2 Å². The molecular formula is C22H24N2O3S2. The van der Waals surface area contributed by atoms with E-state index in [1.54, 1.807) is 19.1 Å². The van der Waals surface area contributed by atoms with Gasteiger partial charge in [-0.05, 0) is 31.0 Å². The Morgan fingerprint density at radius 2 is 1.76 bits per heavy atom. The van der Waals surface area contributed by atoms with E-state index in [1.165, 1.54) is 29.0 Å². The van der Waals surface area contributed by atoms with E-state index < -0.39 is 15.7 Å². The van der Waals surface area contributed by atoms with Gasteiger partial charge < -0.3 is 0 Å². The highest BCUT2D eigenvalue weighted by atomic mass is 32.2. The van der Waals surface area contributed by atoms with Crippen LogP contribution >= 0.6 is 11.3 Å². The summed E-state index contributed by atoms with van der Waals surface area (Å²) in [6.07, 6.45) is 2.14. The highest BCUT2D eigenvalue weighted by molar-refractivity contribution is 7.91. The fourth-order valence-corrected chi connectivity index (χ4v) is 5.00. The van der Waals surface area contributed by atoms with Gasteiger partial charge in [0.2, 0.25) is 0 Å². The van der Waals surface area contributed by atoms with Crippen molar-refractivity contribution in [2.75, 3.05) is 11.1 Å². The number of amides is 1. The number of hydrogen-bond donors (Lipinski definition) is 1. The maximum atomic E-state index is 12.8. The Labute approximate surface area is 175 Å². The highest BCUT2D eigenvalue weighted by Crippen LogP contribution is 2.31. The monoisotopic (exact) mass is 428 g/mol. The number of aromatic nitrogens is 1. The number of rotatable bonds is 7. The summed E-state index contributed by atoms with van der Waals surface area (Å²) in [4.78, 5) is 18.4. The van der Waals surface area contributed by atoms with Crippen LogP contribution in [0.2, 0.25) is 0 Å². The quantitative estimate of drug-likeness (QED) is 0.567. The van der Waals surface area contributed by atoms with Crippen LogP contribution < -0.4 is 5.32 Å². The summed E-state index contributed by atoms with van der Waals surface area (Å²) in [7, 11) is -3.50. The van der Waals surface area contributed by atoms with Gasteiger partial charge in [0.15, 0.2) is 15.0 Å². The van der Waals surface area contributed by atoms with Gasteiger partial charge in [-0.2, -0.15) is 0 Å². The first-order valence-corrected chi connectivity index (χ1v) is 12.0. The van der Waals surface area contributed by atoms with Gasteiger partial charge in [-0.15, -0.1) is 11.3 Å². The van der Waals surface area contributed by atoms with Gasteiger partial charge in [0.25, 0.3) is 5.91 Å². The molecule has 0 aliphatic rings. The van der Waals surface area contributed by atoms with Crippen molar-refractivity contribution in [3.8, 4) is 11.3 Å². The maximum Gasteiger partial charge on any atom is 0.258 e. The van der Waals surface area contributed by atoms with E-state index in [1.807, 2.05) is 19.1 Å². The Morgan fingerprint density at radius 1 is 1.07 bits per heavy atom. The lowest BCUT2D eigenvalue weighted by Crippen LogP contribution is -2.17. The van der Waals surface area contributed by atoms with Crippen molar-refractivity contribution in [3.63, 3.8) is 0 Å². The number of carbonyl (C=O) groups is 1. The van der Waals surface area contributed by atoms with E-state index in [-0.39, 0.29) is 16.2 Å². The van der Waals surface area contributed by atoms with E-state index >= 15 is 0 Å². The van der Waals surface area contributed by atoms with E-state index in [4.69, 9.17) is 0 Å². The zero-order valence-electron chi connectivity index (χ0n) is 16.7. The third kappa shape index (κ3) is 4.74. The topological polar surface area (TPSA) is 76.1 Å². The Balaban J connectivity index is 1.86. The average molecular weight is 429 g/mol. The molecule has 0 aliphatic heterocycles. The van der Waals surface area contributed by atoms with Crippen molar-refractivity contribution in [3.05, 3.63) is 64.5 Å². The molecule has 1 N–H and O–H groups in total. The molecule has 0 aliphatic carbocycles. The van der Waals surface area contributed by atoms with Crippen LogP contribution in [-0.2, 0) is 16.3 Å². The number of carbonyl (C=O) groups excluding carboxylic acids is 1. The number of nitrogens with zero attached hydrogens (tertiary/aromatic N) is 1. The fourth-order valence-electron chi connectivity index (χ4n) is 3.08. The van der Waals surface area contributed by atoms with Crippen LogP contribution in [-0.4, -0.2) is 25.1 Å². The number of nitrogens with one attached hydrogen (secondary N) is 1. The summed E-state index contributed by atoms with van der Waals surface area (Å²) >= 11 is 1.37. The van der Waals surface area contributed by atoms with Crippen LogP contribution in [0.3, 0.4) is 0 Å². The summed E-state index contributed by atoms with van der Waals surface area (Å²) in [5.41, 5.74) is 3.23. The van der Waals surface area contributed by atoms with Gasteiger partial charge in [-0.3, -0.25) is 10.1 Å². The normalized spacial score (nSPS) is 11.4. The zero-order chi connectivity index (χ0) is 21.0. The Kier molecular flexibility index (Phi) is 6.49. The molecule has 152 valence electrons. The molecule has 0 fully saturated rings. The molecule has 3 aromatic rings. The molecule has 2 aromatic carbocycles. The van der Waals surface area contributed by atoms with Gasteiger partial charge in [-0.25, -0.2) is 13.4 Å². The number of anilines is 1. The first kappa shape index (κ1) is 21.2. The molecule has 29 heavy (non-hydrogen) atoms. The molecule has 7 heteroatoms. The Bertz CT molecular complexity index is 1120. The largest absolute Gasteiger partial charge is 0.298 e. The minimum Gasteiger partial charge on any atom is -0.298 e. The minimum atomic E-state index is -3.50. The summed E-state index contributed by atoms with van der Waals surface area (Å²) in [6.45, 7) is 5.67. The molecule has 1 heterocycles. The lowest BCUT2D eigenvalue weighted by atomic mass is 10.1. The Morgan fingerprint density at radius 3 is 2.41 bits per heavy atom. The molecule has 3 rings (SSSR count). The SMILES string of the molecule is CCCc1ccc(-c2nc(NC(=O)c3ccccc3S(=O)(=O)CC)sc2C)cc1. The van der Waals surface area contributed by atoms with Crippen molar-refractivity contribution in [1.82, 2.24) is 4.98 Å². The van der Waals surface area contributed by atoms with Crippen molar-refractivity contribution < 1.29 is 13.2 Å².